The van der Waals surface area contributed by atoms with Gasteiger partial charge < -0.3 is 0 Å². The van der Waals surface area contributed by atoms with E-state index < -0.39 is 0 Å². The molecule has 0 aromatic heterocycles. The van der Waals surface area contributed by atoms with Gasteiger partial charge >= 0.3 is 0 Å². The third-order valence-corrected chi connectivity index (χ3v) is 4.46. The topological polar surface area (TPSA) is 27.4 Å². The SMILES string of the molecule is Cc1ccccc1N/N=C/C1=[N+](C)c2ccccc2C1(C)C. The van der Waals surface area contributed by atoms with Gasteiger partial charge in [-0.05, 0) is 32.4 Å². The van der Waals surface area contributed by atoms with Crippen molar-refractivity contribution in [1.29, 1.82) is 0 Å². The summed E-state index contributed by atoms with van der Waals surface area (Å²) in [5, 5.41) is 4.46. The summed E-state index contributed by atoms with van der Waals surface area (Å²) in [6.07, 6.45) is 1.94. The number of hydrogen-bond acceptors (Lipinski definition) is 2. The lowest BCUT2D eigenvalue weighted by molar-refractivity contribution is -0.400. The monoisotopic (exact) mass is 292 g/mol. The Labute approximate surface area is 132 Å². The molecular formula is C19H22N3+. The molecule has 1 aliphatic heterocycles. The highest BCUT2D eigenvalue weighted by Gasteiger charge is 2.43. The number of nitrogens with one attached hydrogen (secondary N) is 1. The Hall–Kier alpha value is -2.42. The molecule has 3 heteroatoms. The largest absolute Gasteiger partial charge is 0.278 e. The molecule has 1 N–H and O–H groups in total. The Morgan fingerprint density at radius 3 is 2.45 bits per heavy atom. The summed E-state index contributed by atoms with van der Waals surface area (Å²) in [5.74, 6) is 0. The fraction of sp³-hybridized carbons (Fsp3) is 0.263. The van der Waals surface area contributed by atoms with Crippen LogP contribution in [0.3, 0.4) is 0 Å². The molecule has 0 amide bonds. The summed E-state index contributed by atoms with van der Waals surface area (Å²) in [6.45, 7) is 6.56. The predicted octanol–water partition coefficient (Wildman–Crippen LogP) is 4.10. The fourth-order valence-electron chi connectivity index (χ4n) is 3.09. The molecule has 0 aliphatic carbocycles. The van der Waals surface area contributed by atoms with E-state index in [1.54, 1.807) is 0 Å². The molecule has 0 saturated carbocycles. The second kappa shape index (κ2) is 5.41. The van der Waals surface area contributed by atoms with E-state index >= 15 is 0 Å². The lowest BCUT2D eigenvalue weighted by Crippen LogP contribution is -2.30. The number of anilines is 1. The molecule has 0 saturated heterocycles. The number of rotatable bonds is 3. The zero-order valence-corrected chi connectivity index (χ0v) is 13.6. The van der Waals surface area contributed by atoms with Crippen molar-refractivity contribution in [3.05, 3.63) is 59.7 Å². The molecular weight excluding hydrogens is 270 g/mol. The van der Waals surface area contributed by atoms with Crippen molar-refractivity contribution in [2.45, 2.75) is 26.2 Å². The fourth-order valence-corrected chi connectivity index (χ4v) is 3.09. The number of para-hydroxylation sites is 2. The first-order chi connectivity index (χ1) is 10.5. The third-order valence-electron chi connectivity index (χ3n) is 4.46. The first kappa shape index (κ1) is 14.5. The summed E-state index contributed by atoms with van der Waals surface area (Å²) >= 11 is 0. The van der Waals surface area contributed by atoms with Crippen LogP contribution >= 0.6 is 0 Å². The molecule has 0 radical (unpaired) electrons. The number of aryl methyl sites for hydroxylation is 1. The Morgan fingerprint density at radius 2 is 1.73 bits per heavy atom. The molecule has 0 fully saturated rings. The van der Waals surface area contributed by atoms with Gasteiger partial charge in [0, 0.05) is 11.6 Å². The Morgan fingerprint density at radius 1 is 1.05 bits per heavy atom. The number of fused-ring (bicyclic) bond motifs is 1. The van der Waals surface area contributed by atoms with Gasteiger partial charge in [-0.3, -0.25) is 5.43 Å². The summed E-state index contributed by atoms with van der Waals surface area (Å²) < 4.78 is 2.22. The van der Waals surface area contributed by atoms with Gasteiger partial charge in [0.05, 0.1) is 11.1 Å². The number of hydrogen-bond donors (Lipinski definition) is 1. The van der Waals surface area contributed by atoms with E-state index in [0.717, 1.165) is 5.69 Å². The van der Waals surface area contributed by atoms with E-state index in [4.69, 9.17) is 0 Å². The van der Waals surface area contributed by atoms with Crippen LogP contribution in [0, 0.1) is 6.92 Å². The Balaban J connectivity index is 1.88. The van der Waals surface area contributed by atoms with Gasteiger partial charge in [0.2, 0.25) is 11.4 Å². The normalized spacial score (nSPS) is 16.2. The molecule has 0 bridgehead atoms. The van der Waals surface area contributed by atoms with E-state index in [-0.39, 0.29) is 5.41 Å². The van der Waals surface area contributed by atoms with Crippen LogP contribution in [0.15, 0.2) is 53.6 Å². The summed E-state index contributed by atoms with van der Waals surface area (Å²) in [6, 6.07) is 16.7. The summed E-state index contributed by atoms with van der Waals surface area (Å²) in [4.78, 5) is 0. The quantitative estimate of drug-likeness (QED) is 0.515. The van der Waals surface area contributed by atoms with Crippen LogP contribution in [0.5, 0.6) is 0 Å². The molecule has 0 spiro atoms. The third kappa shape index (κ3) is 2.33. The van der Waals surface area contributed by atoms with Crippen molar-refractivity contribution in [1.82, 2.24) is 0 Å². The van der Waals surface area contributed by atoms with E-state index in [1.165, 1.54) is 22.5 Å². The van der Waals surface area contributed by atoms with Crippen LogP contribution in [0.2, 0.25) is 0 Å². The molecule has 2 aromatic rings. The van der Waals surface area contributed by atoms with Crippen LogP contribution < -0.4 is 5.43 Å². The van der Waals surface area contributed by atoms with E-state index in [1.807, 2.05) is 24.4 Å². The standard InChI is InChI=1S/C19H21N3/c1-14-9-5-7-11-16(14)21-20-13-18-19(2,3)15-10-6-8-12-17(15)22(18)4/h5-13H,1-4H3/p+1. The van der Waals surface area contributed by atoms with Crippen LogP contribution in [0.25, 0.3) is 0 Å². The molecule has 3 nitrogen and oxygen atoms in total. The van der Waals surface area contributed by atoms with Crippen molar-refractivity contribution in [2.75, 3.05) is 12.5 Å². The number of nitrogens with zero attached hydrogens (tertiary/aromatic N) is 2. The molecule has 1 heterocycles. The predicted molar refractivity (Wildman–Crippen MR) is 93.6 cm³/mol. The molecule has 0 atom stereocenters. The Bertz CT molecular complexity index is 770. The highest BCUT2D eigenvalue weighted by atomic mass is 15.3. The first-order valence-electron chi connectivity index (χ1n) is 7.57. The van der Waals surface area contributed by atoms with Gasteiger partial charge in [-0.25, -0.2) is 0 Å². The number of hydrazone groups is 1. The minimum atomic E-state index is -0.0394. The smallest absolute Gasteiger partial charge is 0.212 e. The van der Waals surface area contributed by atoms with Gasteiger partial charge in [0.1, 0.15) is 13.3 Å². The minimum Gasteiger partial charge on any atom is -0.278 e. The van der Waals surface area contributed by atoms with Gasteiger partial charge in [0.15, 0.2) is 0 Å². The summed E-state index contributed by atoms with van der Waals surface area (Å²) in [7, 11) is 2.10. The van der Waals surface area contributed by atoms with Crippen LogP contribution in [-0.2, 0) is 5.41 Å². The Kier molecular flexibility index (Phi) is 3.57. The van der Waals surface area contributed by atoms with Gasteiger partial charge in [0.25, 0.3) is 0 Å². The highest BCUT2D eigenvalue weighted by molar-refractivity contribution is 6.33. The second-order valence-corrected chi connectivity index (χ2v) is 6.27. The molecule has 22 heavy (non-hydrogen) atoms. The van der Waals surface area contributed by atoms with Gasteiger partial charge in [-0.15, -0.1) is 0 Å². The van der Waals surface area contributed by atoms with Gasteiger partial charge in [-0.1, -0.05) is 36.4 Å². The zero-order chi connectivity index (χ0) is 15.7. The zero-order valence-electron chi connectivity index (χ0n) is 13.6. The molecule has 3 rings (SSSR count). The molecule has 112 valence electrons. The first-order valence-corrected chi connectivity index (χ1v) is 7.57. The maximum absolute atomic E-state index is 4.46. The minimum absolute atomic E-state index is 0.0394. The lowest BCUT2D eigenvalue weighted by atomic mass is 9.82. The van der Waals surface area contributed by atoms with Crippen LogP contribution in [0.4, 0.5) is 11.4 Å². The molecule has 0 unspecified atom stereocenters. The maximum atomic E-state index is 4.46. The number of benzene rings is 2. The van der Waals surface area contributed by atoms with Crippen LogP contribution in [-0.4, -0.2) is 23.5 Å². The van der Waals surface area contributed by atoms with Crippen LogP contribution in [0.1, 0.15) is 25.0 Å². The van der Waals surface area contributed by atoms with Crippen molar-refractivity contribution in [3.63, 3.8) is 0 Å². The van der Waals surface area contributed by atoms with Gasteiger partial charge in [-0.2, -0.15) is 9.68 Å². The van der Waals surface area contributed by atoms with Crippen molar-refractivity contribution in [3.8, 4) is 0 Å². The van der Waals surface area contributed by atoms with Crippen molar-refractivity contribution in [2.24, 2.45) is 5.10 Å². The van der Waals surface area contributed by atoms with E-state index in [9.17, 15) is 0 Å². The second-order valence-electron chi connectivity index (χ2n) is 6.27. The highest BCUT2D eigenvalue weighted by Crippen LogP contribution is 2.37. The van der Waals surface area contributed by atoms with E-state index in [0.29, 0.717) is 0 Å². The molecule has 1 aliphatic rings. The maximum Gasteiger partial charge on any atom is 0.212 e. The average molecular weight is 292 g/mol. The van der Waals surface area contributed by atoms with Crippen molar-refractivity contribution < 1.29 is 4.58 Å². The lowest BCUT2D eigenvalue weighted by Gasteiger charge is -2.14. The van der Waals surface area contributed by atoms with Crippen molar-refractivity contribution >= 4 is 23.3 Å². The van der Waals surface area contributed by atoms with E-state index in [2.05, 4.69) is 73.3 Å². The average Bonchev–Trinajstić information content (AvgIpc) is 2.70. The summed E-state index contributed by atoms with van der Waals surface area (Å²) in [5.41, 5.74) is 9.12. The molecule has 2 aromatic carbocycles.